The summed E-state index contributed by atoms with van der Waals surface area (Å²) in [5, 5.41) is 5.17. The molecule has 1 N–H and O–H groups in total. The SMILES string of the molecule is C=C(Cl)CNCc1c(Cl)oc2ccccc12. The number of halogens is 2. The van der Waals surface area contributed by atoms with E-state index in [1.54, 1.807) is 0 Å². The third kappa shape index (κ3) is 2.40. The van der Waals surface area contributed by atoms with Crippen LogP contribution < -0.4 is 5.32 Å². The second kappa shape index (κ2) is 4.91. The van der Waals surface area contributed by atoms with Crippen molar-refractivity contribution in [3.63, 3.8) is 0 Å². The molecule has 1 aromatic heterocycles. The maximum atomic E-state index is 6.02. The summed E-state index contributed by atoms with van der Waals surface area (Å²) >= 11 is 11.7. The van der Waals surface area contributed by atoms with Crippen molar-refractivity contribution in [2.24, 2.45) is 0 Å². The molecule has 0 aliphatic rings. The Kier molecular flexibility index (Phi) is 3.54. The summed E-state index contributed by atoms with van der Waals surface area (Å²) in [6.45, 7) is 4.77. The quantitative estimate of drug-likeness (QED) is 0.896. The van der Waals surface area contributed by atoms with Crippen LogP contribution >= 0.6 is 23.2 Å². The average Bonchev–Trinajstić information content (AvgIpc) is 2.55. The Morgan fingerprint density at radius 1 is 1.38 bits per heavy atom. The Morgan fingerprint density at radius 3 is 2.88 bits per heavy atom. The van der Waals surface area contributed by atoms with Gasteiger partial charge in [-0.25, -0.2) is 0 Å². The zero-order valence-electron chi connectivity index (χ0n) is 8.59. The summed E-state index contributed by atoms with van der Waals surface area (Å²) in [5.74, 6) is 0. The van der Waals surface area contributed by atoms with Gasteiger partial charge in [-0.2, -0.15) is 0 Å². The van der Waals surface area contributed by atoms with Crippen molar-refractivity contribution in [1.29, 1.82) is 0 Å². The van der Waals surface area contributed by atoms with E-state index < -0.39 is 0 Å². The predicted molar refractivity (Wildman–Crippen MR) is 67.9 cm³/mol. The van der Waals surface area contributed by atoms with E-state index in [0.717, 1.165) is 16.5 Å². The Bertz CT molecular complexity index is 519. The number of hydrogen-bond acceptors (Lipinski definition) is 2. The van der Waals surface area contributed by atoms with E-state index in [9.17, 15) is 0 Å². The highest BCUT2D eigenvalue weighted by atomic mass is 35.5. The molecule has 0 unspecified atom stereocenters. The lowest BCUT2D eigenvalue weighted by Gasteiger charge is -2.01. The van der Waals surface area contributed by atoms with Gasteiger partial charge in [0, 0.05) is 29.1 Å². The Morgan fingerprint density at radius 2 is 2.12 bits per heavy atom. The van der Waals surface area contributed by atoms with Gasteiger partial charge in [-0.15, -0.1) is 0 Å². The number of furan rings is 1. The van der Waals surface area contributed by atoms with Gasteiger partial charge in [-0.3, -0.25) is 0 Å². The number of rotatable bonds is 4. The highest BCUT2D eigenvalue weighted by Crippen LogP contribution is 2.29. The molecule has 4 heteroatoms. The van der Waals surface area contributed by atoms with E-state index in [4.69, 9.17) is 27.6 Å². The first-order valence-corrected chi connectivity index (χ1v) is 5.64. The van der Waals surface area contributed by atoms with Crippen LogP contribution in [0.3, 0.4) is 0 Å². The van der Waals surface area contributed by atoms with E-state index >= 15 is 0 Å². The Balaban J connectivity index is 2.22. The fourth-order valence-electron chi connectivity index (χ4n) is 1.56. The first-order valence-electron chi connectivity index (χ1n) is 4.88. The van der Waals surface area contributed by atoms with Crippen LogP contribution in [0.4, 0.5) is 0 Å². The molecule has 2 nitrogen and oxygen atoms in total. The molecular weight excluding hydrogens is 245 g/mol. The fourth-order valence-corrected chi connectivity index (χ4v) is 1.90. The normalized spacial score (nSPS) is 10.9. The Labute approximate surface area is 104 Å². The van der Waals surface area contributed by atoms with E-state index in [1.165, 1.54) is 0 Å². The van der Waals surface area contributed by atoms with Crippen LogP contribution in [0.25, 0.3) is 11.0 Å². The van der Waals surface area contributed by atoms with Crippen molar-refractivity contribution in [3.05, 3.63) is 46.7 Å². The van der Waals surface area contributed by atoms with Crippen LogP contribution in [0.2, 0.25) is 5.22 Å². The zero-order chi connectivity index (χ0) is 11.5. The molecule has 0 aliphatic carbocycles. The molecule has 1 aromatic carbocycles. The van der Waals surface area contributed by atoms with E-state index in [1.807, 2.05) is 24.3 Å². The summed E-state index contributed by atoms with van der Waals surface area (Å²) in [6, 6.07) is 7.75. The van der Waals surface area contributed by atoms with E-state index in [2.05, 4.69) is 11.9 Å². The second-order valence-corrected chi connectivity index (χ2v) is 4.35. The minimum atomic E-state index is 0.425. The van der Waals surface area contributed by atoms with E-state index in [0.29, 0.717) is 23.3 Å². The lowest BCUT2D eigenvalue weighted by atomic mass is 10.2. The minimum absolute atomic E-state index is 0.425. The molecule has 0 spiro atoms. The number of fused-ring (bicyclic) bond motifs is 1. The van der Waals surface area contributed by atoms with Gasteiger partial charge < -0.3 is 9.73 Å². The molecule has 0 bridgehead atoms. The van der Waals surface area contributed by atoms with Crippen LogP contribution in [0.15, 0.2) is 40.3 Å². The molecule has 2 rings (SSSR count). The minimum Gasteiger partial charge on any atom is -0.444 e. The molecule has 0 atom stereocenters. The van der Waals surface area contributed by atoms with Gasteiger partial charge in [0.25, 0.3) is 0 Å². The van der Waals surface area contributed by atoms with Crippen LogP contribution in [0.5, 0.6) is 0 Å². The van der Waals surface area contributed by atoms with Crippen LogP contribution in [0.1, 0.15) is 5.56 Å². The van der Waals surface area contributed by atoms with Gasteiger partial charge in [0.1, 0.15) is 5.58 Å². The lowest BCUT2D eigenvalue weighted by Crippen LogP contribution is -2.14. The summed E-state index contributed by atoms with van der Waals surface area (Å²) in [7, 11) is 0. The summed E-state index contributed by atoms with van der Waals surface area (Å²) in [4.78, 5) is 0. The van der Waals surface area contributed by atoms with Crippen molar-refractivity contribution in [1.82, 2.24) is 5.32 Å². The molecule has 0 saturated carbocycles. The molecule has 0 aliphatic heterocycles. The molecule has 2 aromatic rings. The monoisotopic (exact) mass is 255 g/mol. The molecule has 0 radical (unpaired) electrons. The van der Waals surface area contributed by atoms with Gasteiger partial charge in [0.15, 0.2) is 5.22 Å². The third-order valence-corrected chi connectivity index (χ3v) is 2.71. The highest BCUT2D eigenvalue weighted by molar-refractivity contribution is 6.31. The number of para-hydroxylation sites is 1. The van der Waals surface area contributed by atoms with Crippen molar-refractivity contribution < 1.29 is 4.42 Å². The van der Waals surface area contributed by atoms with Gasteiger partial charge in [0.2, 0.25) is 0 Å². The van der Waals surface area contributed by atoms with Crippen molar-refractivity contribution in [2.45, 2.75) is 6.54 Å². The third-order valence-electron chi connectivity index (χ3n) is 2.27. The maximum Gasteiger partial charge on any atom is 0.199 e. The van der Waals surface area contributed by atoms with Gasteiger partial charge in [-0.1, -0.05) is 36.4 Å². The van der Waals surface area contributed by atoms with Crippen molar-refractivity contribution in [3.8, 4) is 0 Å². The highest BCUT2D eigenvalue weighted by Gasteiger charge is 2.10. The van der Waals surface area contributed by atoms with Crippen molar-refractivity contribution >= 4 is 34.2 Å². The van der Waals surface area contributed by atoms with E-state index in [-0.39, 0.29) is 0 Å². The molecule has 16 heavy (non-hydrogen) atoms. The maximum absolute atomic E-state index is 6.02. The smallest absolute Gasteiger partial charge is 0.199 e. The van der Waals surface area contributed by atoms with Crippen LogP contribution in [0, 0.1) is 0 Å². The summed E-state index contributed by atoms with van der Waals surface area (Å²) in [6.07, 6.45) is 0. The molecule has 84 valence electrons. The van der Waals surface area contributed by atoms with Crippen LogP contribution in [-0.4, -0.2) is 6.54 Å². The molecule has 0 fully saturated rings. The first-order chi connectivity index (χ1) is 7.68. The van der Waals surface area contributed by atoms with Crippen molar-refractivity contribution in [2.75, 3.05) is 6.54 Å². The lowest BCUT2D eigenvalue weighted by molar-refractivity contribution is 0.608. The molecule has 0 saturated heterocycles. The number of benzene rings is 1. The molecular formula is C12H11Cl2NO. The van der Waals surface area contributed by atoms with Gasteiger partial charge >= 0.3 is 0 Å². The van der Waals surface area contributed by atoms with Crippen LogP contribution in [-0.2, 0) is 6.54 Å². The molecule has 1 heterocycles. The topological polar surface area (TPSA) is 25.2 Å². The largest absolute Gasteiger partial charge is 0.444 e. The number of hydrogen-bond donors (Lipinski definition) is 1. The zero-order valence-corrected chi connectivity index (χ0v) is 10.1. The van der Waals surface area contributed by atoms with Gasteiger partial charge in [-0.05, 0) is 17.7 Å². The predicted octanol–water partition coefficient (Wildman–Crippen LogP) is 3.93. The Hall–Kier alpha value is -0.960. The van der Waals surface area contributed by atoms with Gasteiger partial charge in [0.05, 0.1) is 0 Å². The average molecular weight is 256 g/mol. The second-order valence-electron chi connectivity index (χ2n) is 3.47. The first kappa shape index (κ1) is 11.5. The molecule has 0 amide bonds. The summed E-state index contributed by atoms with van der Waals surface area (Å²) < 4.78 is 5.43. The fraction of sp³-hybridized carbons (Fsp3) is 0.167. The standard InChI is InChI=1S/C12H11Cl2NO/c1-8(13)6-15-7-10-9-4-2-3-5-11(9)16-12(10)14/h2-5,15H,1,6-7H2. The number of nitrogens with one attached hydrogen (secondary N) is 1. The summed E-state index contributed by atoms with van der Waals surface area (Å²) in [5.41, 5.74) is 1.75.